The van der Waals surface area contributed by atoms with Gasteiger partial charge in [-0.3, -0.25) is 9.36 Å². The lowest BCUT2D eigenvalue weighted by Gasteiger charge is -2.09. The molecule has 0 bridgehead atoms. The molecule has 7 heteroatoms. The lowest BCUT2D eigenvalue weighted by atomic mass is 10.1. The van der Waals surface area contributed by atoms with Crippen molar-refractivity contribution >= 4 is 16.9 Å². The molecule has 1 heterocycles. The van der Waals surface area contributed by atoms with Gasteiger partial charge in [-0.2, -0.15) is 0 Å². The van der Waals surface area contributed by atoms with Crippen molar-refractivity contribution in [3.05, 3.63) is 74.4 Å². The molecular weight excluding hydrogens is 312 g/mol. The summed E-state index contributed by atoms with van der Waals surface area (Å²) >= 11 is 0. The van der Waals surface area contributed by atoms with Crippen LogP contribution < -0.4 is 21.1 Å². The zero-order valence-corrected chi connectivity index (χ0v) is 12.7. The number of aromatic carboxylic acids is 1. The number of nitrogens with one attached hydrogen (secondary N) is 1. The number of H-pyrrole nitrogens is 1. The van der Waals surface area contributed by atoms with Crippen molar-refractivity contribution in [1.29, 1.82) is 0 Å². The monoisotopic (exact) mass is 325 g/mol. The predicted octanol–water partition coefficient (Wildman–Crippen LogP) is 0.110. The van der Waals surface area contributed by atoms with Gasteiger partial charge in [0.25, 0.3) is 5.56 Å². The number of nitrogens with zero attached hydrogens (tertiary/aromatic N) is 1. The molecular formula is C17H13N2O5-. The molecule has 0 spiro atoms. The molecule has 2 aromatic carbocycles. The number of aromatic amines is 1. The molecule has 0 saturated heterocycles. The van der Waals surface area contributed by atoms with E-state index in [1.54, 1.807) is 31.4 Å². The van der Waals surface area contributed by atoms with E-state index in [0.717, 1.165) is 10.1 Å². The van der Waals surface area contributed by atoms with Crippen molar-refractivity contribution in [2.24, 2.45) is 0 Å². The number of hydrogen-bond acceptors (Lipinski definition) is 5. The van der Waals surface area contributed by atoms with Crippen molar-refractivity contribution in [3.63, 3.8) is 0 Å². The van der Waals surface area contributed by atoms with E-state index in [1.165, 1.54) is 18.2 Å². The van der Waals surface area contributed by atoms with Crippen LogP contribution in [-0.4, -0.2) is 22.6 Å². The van der Waals surface area contributed by atoms with E-state index in [0.29, 0.717) is 5.75 Å². The minimum Gasteiger partial charge on any atom is -0.545 e. The standard InChI is InChI=1S/C17H14N2O5/c1-24-12-5-2-10(3-6-12)9-19-15(20)13-7-4-11(16(21)22)8-14(13)18-17(19)23/h2-8H,9H2,1H3,(H,18,23)(H,21,22)/p-1. The lowest BCUT2D eigenvalue weighted by Crippen LogP contribution is -2.35. The number of hydrogen-bond donors (Lipinski definition) is 1. The minimum atomic E-state index is -1.37. The van der Waals surface area contributed by atoms with Gasteiger partial charge >= 0.3 is 5.69 Å². The van der Waals surface area contributed by atoms with Gasteiger partial charge in [-0.15, -0.1) is 0 Å². The van der Waals surface area contributed by atoms with Crippen molar-refractivity contribution < 1.29 is 14.6 Å². The summed E-state index contributed by atoms with van der Waals surface area (Å²) in [5, 5.41) is 11.1. The highest BCUT2D eigenvalue weighted by molar-refractivity contribution is 5.91. The first-order valence-corrected chi connectivity index (χ1v) is 7.11. The van der Waals surface area contributed by atoms with Gasteiger partial charge in [0.05, 0.1) is 30.5 Å². The van der Waals surface area contributed by atoms with Gasteiger partial charge in [-0.05, 0) is 35.4 Å². The van der Waals surface area contributed by atoms with Gasteiger partial charge in [0.1, 0.15) is 5.75 Å². The lowest BCUT2D eigenvalue weighted by molar-refractivity contribution is -0.255. The highest BCUT2D eigenvalue weighted by atomic mass is 16.5. The largest absolute Gasteiger partial charge is 0.545 e. The number of carboxylic acid groups (broad SMARTS) is 1. The van der Waals surface area contributed by atoms with E-state index in [4.69, 9.17) is 4.74 Å². The van der Waals surface area contributed by atoms with Gasteiger partial charge < -0.3 is 19.6 Å². The fraction of sp³-hybridized carbons (Fsp3) is 0.118. The second kappa shape index (κ2) is 6.04. The van der Waals surface area contributed by atoms with Crippen molar-refractivity contribution in [3.8, 4) is 5.75 Å². The summed E-state index contributed by atoms with van der Waals surface area (Å²) in [5.41, 5.74) is -0.287. The molecule has 122 valence electrons. The van der Waals surface area contributed by atoms with Crippen LogP contribution in [0, 0.1) is 0 Å². The summed E-state index contributed by atoms with van der Waals surface area (Å²) in [5.74, 6) is -0.700. The molecule has 3 rings (SSSR count). The van der Waals surface area contributed by atoms with E-state index in [-0.39, 0.29) is 23.0 Å². The van der Waals surface area contributed by atoms with Crippen LogP contribution in [0.3, 0.4) is 0 Å². The Morgan fingerprint density at radius 1 is 1.17 bits per heavy atom. The first-order chi connectivity index (χ1) is 11.5. The van der Waals surface area contributed by atoms with Crippen LogP contribution >= 0.6 is 0 Å². The second-order valence-corrected chi connectivity index (χ2v) is 5.22. The summed E-state index contributed by atoms with van der Waals surface area (Å²) in [4.78, 5) is 38.1. The number of carbonyl (C=O) groups is 1. The summed E-state index contributed by atoms with van der Waals surface area (Å²) < 4.78 is 6.12. The van der Waals surface area contributed by atoms with Crippen LogP contribution in [-0.2, 0) is 6.54 Å². The Labute approximate surface area is 135 Å². The molecule has 0 fully saturated rings. The van der Waals surface area contributed by atoms with Crippen LogP contribution in [0.25, 0.3) is 10.9 Å². The molecule has 3 aromatic rings. The molecule has 0 unspecified atom stereocenters. The van der Waals surface area contributed by atoms with Crippen molar-refractivity contribution in [2.75, 3.05) is 7.11 Å². The molecule has 24 heavy (non-hydrogen) atoms. The SMILES string of the molecule is COc1ccc(Cn2c(=O)[nH]c3cc(C(=O)[O-])ccc3c2=O)cc1. The average molecular weight is 325 g/mol. The molecule has 0 atom stereocenters. The van der Waals surface area contributed by atoms with Crippen molar-refractivity contribution in [1.82, 2.24) is 9.55 Å². The molecule has 1 N–H and O–H groups in total. The third-order valence-electron chi connectivity index (χ3n) is 3.72. The number of benzene rings is 2. The molecule has 0 aliphatic carbocycles. The molecule has 1 aromatic heterocycles. The number of carbonyl (C=O) groups excluding carboxylic acids is 1. The number of aromatic nitrogens is 2. The van der Waals surface area contributed by atoms with Crippen LogP contribution in [0.2, 0.25) is 0 Å². The van der Waals surface area contributed by atoms with E-state index in [2.05, 4.69) is 4.98 Å². The normalized spacial score (nSPS) is 10.7. The summed E-state index contributed by atoms with van der Waals surface area (Å²) in [7, 11) is 1.55. The minimum absolute atomic E-state index is 0.0936. The Balaban J connectivity index is 2.08. The maximum atomic E-state index is 12.5. The Bertz CT molecular complexity index is 1030. The number of methoxy groups -OCH3 is 1. The topological polar surface area (TPSA) is 104 Å². The van der Waals surface area contributed by atoms with E-state index >= 15 is 0 Å². The predicted molar refractivity (Wildman–Crippen MR) is 85.3 cm³/mol. The Hall–Kier alpha value is -3.35. The smallest absolute Gasteiger partial charge is 0.329 e. The quantitative estimate of drug-likeness (QED) is 0.733. The summed E-state index contributed by atoms with van der Waals surface area (Å²) in [6, 6.07) is 10.8. The number of fused-ring (bicyclic) bond motifs is 1. The van der Waals surface area contributed by atoms with E-state index < -0.39 is 17.2 Å². The average Bonchev–Trinajstić information content (AvgIpc) is 2.58. The maximum Gasteiger partial charge on any atom is 0.329 e. The third-order valence-corrected chi connectivity index (χ3v) is 3.72. The van der Waals surface area contributed by atoms with Crippen LogP contribution in [0.4, 0.5) is 0 Å². The number of carboxylic acids is 1. The van der Waals surface area contributed by atoms with Crippen LogP contribution in [0.5, 0.6) is 5.75 Å². The first kappa shape index (κ1) is 15.5. The van der Waals surface area contributed by atoms with Crippen LogP contribution in [0.1, 0.15) is 15.9 Å². The fourth-order valence-electron chi connectivity index (χ4n) is 2.44. The van der Waals surface area contributed by atoms with Gasteiger partial charge in [0, 0.05) is 0 Å². The molecule has 0 amide bonds. The summed E-state index contributed by atoms with van der Waals surface area (Å²) in [6.45, 7) is 0.0936. The van der Waals surface area contributed by atoms with Gasteiger partial charge in [-0.25, -0.2) is 4.79 Å². The highest BCUT2D eigenvalue weighted by Crippen LogP contribution is 2.12. The molecule has 0 aliphatic heterocycles. The highest BCUT2D eigenvalue weighted by Gasteiger charge is 2.09. The van der Waals surface area contributed by atoms with E-state index in [9.17, 15) is 19.5 Å². The number of ether oxygens (including phenoxy) is 1. The van der Waals surface area contributed by atoms with Gasteiger partial charge in [0.15, 0.2) is 0 Å². The Morgan fingerprint density at radius 2 is 1.88 bits per heavy atom. The summed E-state index contributed by atoms with van der Waals surface area (Å²) in [6.07, 6.45) is 0. The molecule has 7 nitrogen and oxygen atoms in total. The van der Waals surface area contributed by atoms with Gasteiger partial charge in [-0.1, -0.05) is 18.2 Å². The molecule has 0 saturated carbocycles. The van der Waals surface area contributed by atoms with Crippen LogP contribution in [0.15, 0.2) is 52.1 Å². The fourth-order valence-corrected chi connectivity index (χ4v) is 2.44. The first-order valence-electron chi connectivity index (χ1n) is 7.11. The number of rotatable bonds is 4. The van der Waals surface area contributed by atoms with Crippen molar-refractivity contribution in [2.45, 2.75) is 6.54 Å². The zero-order valence-electron chi connectivity index (χ0n) is 12.7. The third kappa shape index (κ3) is 2.79. The van der Waals surface area contributed by atoms with Gasteiger partial charge in [0.2, 0.25) is 0 Å². The zero-order chi connectivity index (χ0) is 17.3. The second-order valence-electron chi connectivity index (χ2n) is 5.22. The Kier molecular flexibility index (Phi) is 3.91. The maximum absolute atomic E-state index is 12.5. The van der Waals surface area contributed by atoms with E-state index in [1.807, 2.05) is 0 Å². The molecule has 0 aliphatic rings. The Morgan fingerprint density at radius 3 is 2.50 bits per heavy atom. The molecule has 0 radical (unpaired) electrons.